The van der Waals surface area contributed by atoms with Gasteiger partial charge in [-0.05, 0) is 37.6 Å². The molecule has 1 fully saturated rings. The molecule has 3 N–H and O–H groups in total. The highest BCUT2D eigenvalue weighted by atomic mass is 32.2. The van der Waals surface area contributed by atoms with E-state index in [-0.39, 0.29) is 6.61 Å². The fourth-order valence-electron chi connectivity index (χ4n) is 1.54. The van der Waals surface area contributed by atoms with E-state index in [9.17, 15) is 5.11 Å². The average Bonchev–Trinajstić information content (AvgIpc) is 2.18. The lowest BCUT2D eigenvalue weighted by Gasteiger charge is -2.32. The summed E-state index contributed by atoms with van der Waals surface area (Å²) in [6, 6.07) is 0. The summed E-state index contributed by atoms with van der Waals surface area (Å²) in [7, 11) is 0. The van der Waals surface area contributed by atoms with Gasteiger partial charge in [0.05, 0.1) is 5.60 Å². The standard InChI is InChI=1S/C10H21NO2S/c1-9(6-12)7-14-8-10(13)2-4-11-5-3-10/h9,11-13H,2-8H2,1H3. The van der Waals surface area contributed by atoms with Crippen molar-refractivity contribution >= 4 is 11.8 Å². The highest BCUT2D eigenvalue weighted by Crippen LogP contribution is 2.24. The predicted molar refractivity (Wildman–Crippen MR) is 60.6 cm³/mol. The Balaban J connectivity index is 2.15. The molecule has 0 amide bonds. The molecule has 1 aliphatic rings. The molecular formula is C10H21NO2S. The molecule has 0 radical (unpaired) electrons. The van der Waals surface area contributed by atoms with Crippen LogP contribution in [0.3, 0.4) is 0 Å². The highest BCUT2D eigenvalue weighted by Gasteiger charge is 2.28. The van der Waals surface area contributed by atoms with Crippen LogP contribution < -0.4 is 5.32 Å². The molecule has 0 bridgehead atoms. The molecule has 0 spiro atoms. The summed E-state index contributed by atoms with van der Waals surface area (Å²) < 4.78 is 0. The van der Waals surface area contributed by atoms with Crippen molar-refractivity contribution < 1.29 is 10.2 Å². The largest absolute Gasteiger partial charge is 0.396 e. The molecule has 1 atom stereocenters. The minimum absolute atomic E-state index is 0.243. The smallest absolute Gasteiger partial charge is 0.0761 e. The maximum Gasteiger partial charge on any atom is 0.0761 e. The van der Waals surface area contributed by atoms with E-state index in [0.717, 1.165) is 37.4 Å². The van der Waals surface area contributed by atoms with Crippen LogP contribution in [0, 0.1) is 5.92 Å². The van der Waals surface area contributed by atoms with Crippen molar-refractivity contribution in [2.75, 3.05) is 31.2 Å². The van der Waals surface area contributed by atoms with Crippen molar-refractivity contribution in [1.82, 2.24) is 5.32 Å². The molecule has 1 saturated heterocycles. The Bertz CT molecular complexity index is 160. The van der Waals surface area contributed by atoms with Crippen LogP contribution >= 0.6 is 11.8 Å². The van der Waals surface area contributed by atoms with Crippen LogP contribution in [0.1, 0.15) is 19.8 Å². The Labute approximate surface area is 90.3 Å². The molecule has 84 valence electrons. The molecule has 0 aromatic heterocycles. The summed E-state index contributed by atoms with van der Waals surface area (Å²) in [5.41, 5.74) is -0.467. The van der Waals surface area contributed by atoms with Crippen molar-refractivity contribution in [3.8, 4) is 0 Å². The highest BCUT2D eigenvalue weighted by molar-refractivity contribution is 7.99. The van der Waals surface area contributed by atoms with Crippen LogP contribution in [0.4, 0.5) is 0 Å². The van der Waals surface area contributed by atoms with Gasteiger partial charge in [-0.15, -0.1) is 0 Å². The first-order valence-electron chi connectivity index (χ1n) is 5.28. The minimum atomic E-state index is -0.467. The molecule has 1 heterocycles. The van der Waals surface area contributed by atoms with Crippen molar-refractivity contribution in [3.05, 3.63) is 0 Å². The van der Waals surface area contributed by atoms with Gasteiger partial charge in [0.1, 0.15) is 0 Å². The zero-order valence-corrected chi connectivity index (χ0v) is 9.65. The van der Waals surface area contributed by atoms with Gasteiger partial charge < -0.3 is 15.5 Å². The Morgan fingerprint density at radius 3 is 2.64 bits per heavy atom. The van der Waals surface area contributed by atoms with Crippen LogP contribution in [0.2, 0.25) is 0 Å². The van der Waals surface area contributed by atoms with Crippen LogP contribution in [0.25, 0.3) is 0 Å². The predicted octanol–water partition coefficient (Wildman–Crippen LogP) is 0.462. The Hall–Kier alpha value is 0.230. The molecule has 1 rings (SSSR count). The second kappa shape index (κ2) is 5.95. The summed E-state index contributed by atoms with van der Waals surface area (Å²) in [5, 5.41) is 22.2. The number of aliphatic hydroxyl groups is 2. The SMILES string of the molecule is CC(CO)CSCC1(O)CCNCC1. The molecule has 1 unspecified atom stereocenters. The third kappa shape index (κ3) is 4.17. The molecule has 0 aromatic rings. The van der Waals surface area contributed by atoms with Crippen LogP contribution in [-0.4, -0.2) is 47.0 Å². The lowest BCUT2D eigenvalue weighted by Crippen LogP contribution is -2.43. The van der Waals surface area contributed by atoms with Gasteiger partial charge in [-0.3, -0.25) is 0 Å². The van der Waals surface area contributed by atoms with Gasteiger partial charge in [0, 0.05) is 12.4 Å². The number of hydrogen-bond acceptors (Lipinski definition) is 4. The number of piperidine rings is 1. The third-order valence-electron chi connectivity index (χ3n) is 2.62. The maximum atomic E-state index is 10.1. The summed E-state index contributed by atoms with van der Waals surface area (Å²) in [4.78, 5) is 0. The van der Waals surface area contributed by atoms with Gasteiger partial charge in [-0.25, -0.2) is 0 Å². The van der Waals surface area contributed by atoms with Crippen LogP contribution in [0.15, 0.2) is 0 Å². The van der Waals surface area contributed by atoms with E-state index in [1.54, 1.807) is 11.8 Å². The molecular weight excluding hydrogens is 198 g/mol. The van der Waals surface area contributed by atoms with E-state index in [2.05, 4.69) is 5.32 Å². The number of aliphatic hydroxyl groups excluding tert-OH is 1. The van der Waals surface area contributed by atoms with E-state index < -0.39 is 5.60 Å². The number of thioether (sulfide) groups is 1. The zero-order chi connectivity index (χ0) is 10.4. The van der Waals surface area contributed by atoms with Gasteiger partial charge in [-0.1, -0.05) is 6.92 Å². The van der Waals surface area contributed by atoms with E-state index in [0.29, 0.717) is 5.92 Å². The fraction of sp³-hybridized carbons (Fsp3) is 1.00. The molecule has 3 nitrogen and oxygen atoms in total. The third-order valence-corrected chi connectivity index (χ3v) is 4.17. The molecule has 0 saturated carbocycles. The monoisotopic (exact) mass is 219 g/mol. The Morgan fingerprint density at radius 1 is 1.43 bits per heavy atom. The number of hydrogen-bond donors (Lipinski definition) is 3. The van der Waals surface area contributed by atoms with Gasteiger partial charge in [0.2, 0.25) is 0 Å². The van der Waals surface area contributed by atoms with Crippen LogP contribution in [0.5, 0.6) is 0 Å². The number of nitrogens with one attached hydrogen (secondary N) is 1. The van der Waals surface area contributed by atoms with E-state index in [1.807, 2.05) is 6.92 Å². The average molecular weight is 219 g/mol. The van der Waals surface area contributed by atoms with E-state index in [4.69, 9.17) is 5.11 Å². The zero-order valence-electron chi connectivity index (χ0n) is 8.83. The van der Waals surface area contributed by atoms with Crippen molar-refractivity contribution in [2.24, 2.45) is 5.92 Å². The first kappa shape index (κ1) is 12.3. The van der Waals surface area contributed by atoms with Crippen molar-refractivity contribution in [1.29, 1.82) is 0 Å². The number of rotatable bonds is 5. The second-order valence-electron chi connectivity index (χ2n) is 4.28. The summed E-state index contributed by atoms with van der Waals surface area (Å²) in [6.07, 6.45) is 1.71. The molecule has 4 heteroatoms. The van der Waals surface area contributed by atoms with E-state index >= 15 is 0 Å². The van der Waals surface area contributed by atoms with Gasteiger partial charge in [0.25, 0.3) is 0 Å². The van der Waals surface area contributed by atoms with Crippen LogP contribution in [-0.2, 0) is 0 Å². The van der Waals surface area contributed by atoms with Gasteiger partial charge in [-0.2, -0.15) is 11.8 Å². The maximum absolute atomic E-state index is 10.1. The van der Waals surface area contributed by atoms with Gasteiger partial charge >= 0.3 is 0 Å². The Morgan fingerprint density at radius 2 is 2.07 bits per heavy atom. The lowest BCUT2D eigenvalue weighted by molar-refractivity contribution is 0.0339. The lowest BCUT2D eigenvalue weighted by atomic mass is 9.95. The summed E-state index contributed by atoms with van der Waals surface area (Å²) in [6.45, 7) is 4.12. The normalized spacial score (nSPS) is 23.4. The summed E-state index contributed by atoms with van der Waals surface area (Å²) in [5.74, 6) is 2.08. The first-order valence-corrected chi connectivity index (χ1v) is 6.43. The quantitative estimate of drug-likeness (QED) is 0.629. The molecule has 0 aliphatic carbocycles. The topological polar surface area (TPSA) is 52.5 Å². The van der Waals surface area contributed by atoms with Crippen molar-refractivity contribution in [2.45, 2.75) is 25.4 Å². The van der Waals surface area contributed by atoms with E-state index in [1.165, 1.54) is 0 Å². The first-order chi connectivity index (χ1) is 6.66. The Kier molecular flexibility index (Phi) is 5.23. The second-order valence-corrected chi connectivity index (χ2v) is 5.31. The van der Waals surface area contributed by atoms with Gasteiger partial charge in [0.15, 0.2) is 0 Å². The van der Waals surface area contributed by atoms with Crippen molar-refractivity contribution in [3.63, 3.8) is 0 Å². The summed E-state index contributed by atoms with van der Waals surface area (Å²) >= 11 is 1.75. The molecule has 1 aliphatic heterocycles. The molecule has 14 heavy (non-hydrogen) atoms. The molecule has 0 aromatic carbocycles. The minimum Gasteiger partial charge on any atom is -0.396 e. The fourth-order valence-corrected chi connectivity index (χ4v) is 2.83.